The van der Waals surface area contributed by atoms with Crippen molar-refractivity contribution in [2.24, 2.45) is 0 Å². The molecule has 0 fully saturated rings. The fraction of sp³-hybridized carbons (Fsp3) is 0.250. The van der Waals surface area contributed by atoms with Gasteiger partial charge in [0.25, 0.3) is 0 Å². The van der Waals surface area contributed by atoms with Gasteiger partial charge in [0.2, 0.25) is 0 Å². The van der Waals surface area contributed by atoms with Gasteiger partial charge in [-0.15, -0.1) is 11.8 Å². The van der Waals surface area contributed by atoms with E-state index in [0.29, 0.717) is 0 Å². The van der Waals surface area contributed by atoms with E-state index in [0.717, 1.165) is 0 Å². The van der Waals surface area contributed by atoms with Crippen LogP contribution in [0.15, 0.2) is 0 Å². The van der Waals surface area contributed by atoms with Crippen molar-refractivity contribution in [2.75, 3.05) is 0 Å². The molecule has 0 aliphatic carbocycles. The van der Waals surface area contributed by atoms with Crippen LogP contribution in [0, 0.1) is 91.8 Å². The van der Waals surface area contributed by atoms with Crippen LogP contribution < -0.4 is 0 Å². The van der Waals surface area contributed by atoms with Gasteiger partial charge in [-0.3, -0.25) is 11.8 Å². The second kappa shape index (κ2) is 85.5. The minimum absolute atomic E-state index is 0. The topological polar surface area (TPSA) is 0 Å². The van der Waals surface area contributed by atoms with Crippen molar-refractivity contribution in [1.82, 2.24) is 0 Å². The van der Waals surface area contributed by atoms with E-state index in [-0.39, 0.29) is 63.1 Å². The van der Waals surface area contributed by atoms with Gasteiger partial charge in [-0.05, 0) is 32.6 Å². The number of rotatable bonds is 0. The Morgan fingerprint density at radius 1 is 0.565 bits per heavy atom. The first-order chi connectivity index (χ1) is 9.24. The SMILES string of the molecule is CC.[C-]#CC.[C-]#CC#CC#CC.[C-]#CC#CC#CC.[CH3-].[V+2].[V].[V]. The third-order valence-electron chi connectivity index (χ3n) is 0.625. The molecule has 0 bridgehead atoms. The summed E-state index contributed by atoms with van der Waals surface area (Å²) in [6, 6.07) is 0. The molecule has 0 aliphatic rings. The van der Waals surface area contributed by atoms with Crippen LogP contribution in [-0.2, 0) is 55.7 Å². The van der Waals surface area contributed by atoms with Crippen LogP contribution in [0.3, 0.4) is 0 Å². The van der Waals surface area contributed by atoms with Gasteiger partial charge in [-0.25, -0.2) is 11.8 Å². The number of hydrogen-bond donors (Lipinski definition) is 0. The Hall–Kier alpha value is -1.33. The zero-order chi connectivity index (χ0) is 15.8. The second-order valence-corrected chi connectivity index (χ2v) is 1.75. The molecular weight excluding hydrogens is 393 g/mol. The third kappa shape index (κ3) is 162. The van der Waals surface area contributed by atoms with Crippen LogP contribution in [0.5, 0.6) is 0 Å². The summed E-state index contributed by atoms with van der Waals surface area (Å²) >= 11 is 0. The average Bonchev–Trinajstić information content (AvgIpc) is 2.44. The third-order valence-corrected chi connectivity index (χ3v) is 0.625. The Kier molecular flexibility index (Phi) is 184. The van der Waals surface area contributed by atoms with Crippen molar-refractivity contribution < 1.29 is 55.7 Å². The van der Waals surface area contributed by atoms with Gasteiger partial charge in [0.05, 0.1) is 0 Å². The van der Waals surface area contributed by atoms with Crippen molar-refractivity contribution in [3.63, 3.8) is 0 Å². The fourth-order valence-corrected chi connectivity index (χ4v) is 0.250. The molecule has 0 heterocycles. The van der Waals surface area contributed by atoms with E-state index in [9.17, 15) is 0 Å². The summed E-state index contributed by atoms with van der Waals surface area (Å²) in [5.41, 5.74) is 0. The monoisotopic (exact) mass is 411 g/mol. The molecule has 0 aromatic carbocycles. The Labute approximate surface area is 181 Å². The van der Waals surface area contributed by atoms with Crippen molar-refractivity contribution in [1.29, 1.82) is 0 Å². The van der Waals surface area contributed by atoms with E-state index in [1.165, 1.54) is 0 Å². The molecule has 0 aliphatic heterocycles. The van der Waals surface area contributed by atoms with Crippen LogP contribution in [0.25, 0.3) is 0 Å². The molecular formula is C20H18V3-2. The summed E-state index contributed by atoms with van der Waals surface area (Å²) in [7, 11) is 0. The normalized spacial score (nSPS) is 2.70. The molecule has 0 aromatic heterocycles. The quantitative estimate of drug-likeness (QED) is 0.424. The van der Waals surface area contributed by atoms with E-state index >= 15 is 0 Å². The smallest absolute Gasteiger partial charge is 0.694 e. The summed E-state index contributed by atoms with van der Waals surface area (Å²) < 4.78 is 0. The first-order valence-electron chi connectivity index (χ1n) is 5.25. The molecule has 0 nitrogen and oxygen atoms in total. The molecule has 0 unspecified atom stereocenters. The molecule has 0 aromatic rings. The van der Waals surface area contributed by atoms with Crippen molar-refractivity contribution >= 4 is 0 Å². The summed E-state index contributed by atoms with van der Waals surface area (Å²) in [4.78, 5) is 0. The summed E-state index contributed by atoms with van der Waals surface area (Å²) in [6.45, 7) is 8.93. The van der Waals surface area contributed by atoms with Crippen molar-refractivity contribution in [2.45, 2.75) is 34.6 Å². The maximum absolute atomic E-state index is 6.29. The predicted molar refractivity (Wildman–Crippen MR) is 87.3 cm³/mol. The van der Waals surface area contributed by atoms with Gasteiger partial charge in [0.15, 0.2) is 0 Å². The summed E-state index contributed by atoms with van der Waals surface area (Å²) in [5, 5.41) is 0. The molecule has 0 spiro atoms. The Balaban J connectivity index is -0.0000000224. The molecule has 0 amide bonds. The van der Waals surface area contributed by atoms with Gasteiger partial charge in [0, 0.05) is 37.1 Å². The van der Waals surface area contributed by atoms with E-state index in [2.05, 4.69) is 47.4 Å². The minimum atomic E-state index is 0. The molecule has 0 N–H and O–H groups in total. The van der Waals surface area contributed by atoms with Gasteiger partial charge < -0.3 is 32.6 Å². The predicted octanol–water partition coefficient (Wildman–Crippen LogP) is 3.27. The summed E-state index contributed by atoms with van der Waals surface area (Å²) in [5.74, 6) is 25.0. The summed E-state index contributed by atoms with van der Waals surface area (Å²) in [6.07, 6.45) is 18.5. The van der Waals surface area contributed by atoms with Gasteiger partial charge in [-0.1, -0.05) is 25.7 Å². The first-order valence-corrected chi connectivity index (χ1v) is 5.25. The van der Waals surface area contributed by atoms with Crippen LogP contribution in [0.1, 0.15) is 34.6 Å². The Morgan fingerprint density at radius 3 is 0.913 bits per heavy atom. The van der Waals surface area contributed by atoms with Crippen molar-refractivity contribution in [3.05, 3.63) is 26.7 Å². The Bertz CT molecular complexity index is 501. The van der Waals surface area contributed by atoms with E-state index in [1.807, 2.05) is 31.6 Å². The van der Waals surface area contributed by atoms with Crippen LogP contribution in [0.2, 0.25) is 0 Å². The molecule has 0 saturated carbocycles. The van der Waals surface area contributed by atoms with Gasteiger partial charge >= 0.3 is 18.6 Å². The maximum atomic E-state index is 6.29. The van der Waals surface area contributed by atoms with E-state index in [4.69, 9.17) is 19.3 Å². The van der Waals surface area contributed by atoms with Gasteiger partial charge in [-0.2, -0.15) is 0 Å². The standard InChI is InChI=1S/2C7H3.C3H3.C2H6.CH3.3V/c2*1-3-5-7-6-4-2;1-3-2;1-2;;;;/h2*1H3;1H3;1-2H3;1H3;;;/q3*-1;;-1;;;+2. The van der Waals surface area contributed by atoms with E-state index < -0.39 is 0 Å². The molecule has 3 radical (unpaired) electrons. The molecule has 0 atom stereocenters. The Morgan fingerprint density at radius 2 is 0.783 bits per heavy atom. The number of hydrogen-bond acceptors (Lipinski definition) is 0. The zero-order valence-electron chi connectivity index (χ0n) is 14.3. The van der Waals surface area contributed by atoms with Crippen LogP contribution >= 0.6 is 0 Å². The van der Waals surface area contributed by atoms with Crippen molar-refractivity contribution in [3.8, 4) is 65.1 Å². The first kappa shape index (κ1) is 49.5. The molecule has 115 valence electrons. The second-order valence-electron chi connectivity index (χ2n) is 1.75. The zero-order valence-corrected chi connectivity index (χ0v) is 18.5. The molecule has 3 heteroatoms. The minimum Gasteiger partial charge on any atom is -0.694 e. The fourth-order valence-electron chi connectivity index (χ4n) is 0.250. The molecule has 0 saturated heterocycles. The molecule has 0 rings (SSSR count). The average molecular weight is 411 g/mol. The van der Waals surface area contributed by atoms with Gasteiger partial charge in [0.1, 0.15) is 0 Å². The molecule has 23 heavy (non-hydrogen) atoms. The van der Waals surface area contributed by atoms with Crippen LogP contribution in [0.4, 0.5) is 0 Å². The van der Waals surface area contributed by atoms with Crippen LogP contribution in [-0.4, -0.2) is 0 Å². The largest absolute Gasteiger partial charge is 2.00 e. The van der Waals surface area contributed by atoms with E-state index in [1.54, 1.807) is 20.8 Å². The maximum Gasteiger partial charge on any atom is 2.00 e.